The summed E-state index contributed by atoms with van der Waals surface area (Å²) in [6.45, 7) is 10.5. The second-order valence-electron chi connectivity index (χ2n) is 6.00. The van der Waals surface area contributed by atoms with Gasteiger partial charge in [-0.25, -0.2) is 0 Å². The number of rotatable bonds is 2. The molecule has 1 aromatic carbocycles. The average Bonchev–Trinajstić information content (AvgIpc) is 2.11. The van der Waals surface area contributed by atoms with Crippen molar-refractivity contribution in [2.45, 2.75) is 27.3 Å². The van der Waals surface area contributed by atoms with Crippen molar-refractivity contribution >= 4 is 5.69 Å². The fourth-order valence-corrected chi connectivity index (χ4v) is 2.13. The lowest BCUT2D eigenvalue weighted by atomic mass is 9.76. The van der Waals surface area contributed by atoms with Gasteiger partial charge in [-0.05, 0) is 29.0 Å². The van der Waals surface area contributed by atoms with E-state index in [1.807, 2.05) is 12.1 Å². The van der Waals surface area contributed by atoms with E-state index in [0.29, 0.717) is 5.41 Å². The molecule has 2 nitrogen and oxygen atoms in total. The van der Waals surface area contributed by atoms with Gasteiger partial charge in [0.1, 0.15) is 0 Å². The zero-order valence-corrected chi connectivity index (χ0v) is 10.5. The highest BCUT2D eigenvalue weighted by Crippen LogP contribution is 2.34. The number of likely N-dealkylation sites (tertiary alicyclic amines) is 1. The molecule has 0 aliphatic carbocycles. The highest BCUT2D eigenvalue weighted by atomic mass is 15.2. The minimum absolute atomic E-state index is 0.456. The van der Waals surface area contributed by atoms with Gasteiger partial charge in [0.25, 0.3) is 0 Å². The van der Waals surface area contributed by atoms with Crippen molar-refractivity contribution in [3.63, 3.8) is 0 Å². The van der Waals surface area contributed by atoms with Gasteiger partial charge in [-0.1, -0.05) is 32.9 Å². The van der Waals surface area contributed by atoms with Gasteiger partial charge in [-0.3, -0.25) is 4.90 Å². The van der Waals surface area contributed by atoms with Crippen molar-refractivity contribution in [2.24, 2.45) is 11.3 Å². The molecule has 0 bridgehead atoms. The van der Waals surface area contributed by atoms with Gasteiger partial charge in [0.2, 0.25) is 0 Å². The molecule has 0 atom stereocenters. The largest absolute Gasteiger partial charge is 0.399 e. The fourth-order valence-electron chi connectivity index (χ4n) is 2.13. The Labute approximate surface area is 98.4 Å². The van der Waals surface area contributed by atoms with Gasteiger partial charge in [0.05, 0.1) is 0 Å². The predicted octanol–water partition coefficient (Wildman–Crippen LogP) is 2.75. The summed E-state index contributed by atoms with van der Waals surface area (Å²) in [5.74, 6) is 0.848. The SMILES string of the molecule is CC(C)(C)C1CN(Cc2ccc(N)cc2)C1. The Balaban J connectivity index is 1.84. The number of hydrogen-bond donors (Lipinski definition) is 1. The van der Waals surface area contributed by atoms with Crippen molar-refractivity contribution in [3.8, 4) is 0 Å². The molecular formula is C14H22N2. The second-order valence-corrected chi connectivity index (χ2v) is 6.00. The van der Waals surface area contributed by atoms with Crippen LogP contribution < -0.4 is 5.73 Å². The first kappa shape index (κ1) is 11.5. The smallest absolute Gasteiger partial charge is 0.0314 e. The normalized spacial score (nSPS) is 18.4. The fraction of sp³-hybridized carbons (Fsp3) is 0.571. The van der Waals surface area contributed by atoms with Gasteiger partial charge in [-0.15, -0.1) is 0 Å². The summed E-state index contributed by atoms with van der Waals surface area (Å²) in [5, 5.41) is 0. The molecular weight excluding hydrogens is 196 g/mol. The maximum absolute atomic E-state index is 5.67. The lowest BCUT2D eigenvalue weighted by molar-refractivity contribution is 0.0189. The number of nitrogen functional groups attached to an aromatic ring is 1. The van der Waals surface area contributed by atoms with E-state index >= 15 is 0 Å². The van der Waals surface area contributed by atoms with Crippen LogP contribution in [0.5, 0.6) is 0 Å². The molecule has 0 amide bonds. The molecule has 0 spiro atoms. The minimum atomic E-state index is 0.456. The van der Waals surface area contributed by atoms with E-state index < -0.39 is 0 Å². The lowest BCUT2D eigenvalue weighted by Gasteiger charge is -2.46. The monoisotopic (exact) mass is 218 g/mol. The van der Waals surface area contributed by atoms with E-state index in [1.54, 1.807) is 0 Å². The van der Waals surface area contributed by atoms with E-state index in [1.165, 1.54) is 18.7 Å². The molecule has 0 saturated carbocycles. The molecule has 0 aromatic heterocycles. The number of anilines is 1. The van der Waals surface area contributed by atoms with Crippen molar-refractivity contribution in [2.75, 3.05) is 18.8 Å². The first-order chi connectivity index (χ1) is 7.45. The van der Waals surface area contributed by atoms with Crippen LogP contribution >= 0.6 is 0 Å². The second kappa shape index (κ2) is 4.10. The summed E-state index contributed by atoms with van der Waals surface area (Å²) in [6.07, 6.45) is 0. The molecule has 1 heterocycles. The van der Waals surface area contributed by atoms with Crippen LogP contribution in [0.15, 0.2) is 24.3 Å². The molecule has 1 aromatic rings. The molecule has 1 aliphatic heterocycles. The van der Waals surface area contributed by atoms with Crippen LogP contribution in [0.1, 0.15) is 26.3 Å². The first-order valence-electron chi connectivity index (χ1n) is 6.02. The Kier molecular flexibility index (Phi) is 2.94. The maximum Gasteiger partial charge on any atom is 0.0314 e. The van der Waals surface area contributed by atoms with E-state index in [9.17, 15) is 0 Å². The Bertz CT molecular complexity index is 342. The topological polar surface area (TPSA) is 29.3 Å². The molecule has 2 heteroatoms. The highest BCUT2D eigenvalue weighted by molar-refractivity contribution is 5.39. The van der Waals surface area contributed by atoms with Crippen molar-refractivity contribution in [3.05, 3.63) is 29.8 Å². The Morgan fingerprint density at radius 3 is 2.25 bits per heavy atom. The molecule has 2 rings (SSSR count). The van der Waals surface area contributed by atoms with E-state index in [0.717, 1.165) is 18.2 Å². The molecule has 1 saturated heterocycles. The van der Waals surface area contributed by atoms with Crippen LogP contribution in [0, 0.1) is 11.3 Å². The van der Waals surface area contributed by atoms with E-state index in [4.69, 9.17) is 5.73 Å². The Morgan fingerprint density at radius 2 is 1.75 bits per heavy atom. The molecule has 1 fully saturated rings. The maximum atomic E-state index is 5.67. The van der Waals surface area contributed by atoms with Crippen LogP contribution in [0.2, 0.25) is 0 Å². The van der Waals surface area contributed by atoms with Gasteiger partial charge in [0.15, 0.2) is 0 Å². The third kappa shape index (κ3) is 2.56. The molecule has 0 unspecified atom stereocenters. The highest BCUT2D eigenvalue weighted by Gasteiger charge is 2.35. The van der Waals surface area contributed by atoms with Crippen molar-refractivity contribution < 1.29 is 0 Å². The zero-order valence-electron chi connectivity index (χ0n) is 10.5. The van der Waals surface area contributed by atoms with Crippen LogP contribution in [-0.4, -0.2) is 18.0 Å². The zero-order chi connectivity index (χ0) is 11.8. The summed E-state index contributed by atoms with van der Waals surface area (Å²) >= 11 is 0. The third-order valence-electron chi connectivity index (χ3n) is 3.57. The summed E-state index contributed by atoms with van der Waals surface area (Å²) in [7, 11) is 0. The minimum Gasteiger partial charge on any atom is -0.399 e. The summed E-state index contributed by atoms with van der Waals surface area (Å²) in [5.41, 5.74) is 8.34. The molecule has 2 N–H and O–H groups in total. The van der Waals surface area contributed by atoms with Crippen LogP contribution in [0.3, 0.4) is 0 Å². The Morgan fingerprint density at radius 1 is 1.19 bits per heavy atom. The van der Waals surface area contributed by atoms with Crippen molar-refractivity contribution in [1.29, 1.82) is 0 Å². The van der Waals surface area contributed by atoms with Crippen LogP contribution in [0.4, 0.5) is 5.69 Å². The van der Waals surface area contributed by atoms with Crippen LogP contribution in [-0.2, 0) is 6.54 Å². The Hall–Kier alpha value is -1.02. The van der Waals surface area contributed by atoms with Gasteiger partial charge in [0, 0.05) is 25.3 Å². The predicted molar refractivity (Wildman–Crippen MR) is 69.1 cm³/mol. The lowest BCUT2D eigenvalue weighted by Crippen LogP contribution is -2.51. The molecule has 1 aliphatic rings. The van der Waals surface area contributed by atoms with E-state index in [-0.39, 0.29) is 0 Å². The first-order valence-corrected chi connectivity index (χ1v) is 6.02. The number of benzene rings is 1. The number of hydrogen-bond acceptors (Lipinski definition) is 2. The van der Waals surface area contributed by atoms with Gasteiger partial charge >= 0.3 is 0 Å². The van der Waals surface area contributed by atoms with Crippen LogP contribution in [0.25, 0.3) is 0 Å². The van der Waals surface area contributed by atoms with E-state index in [2.05, 4.69) is 37.8 Å². The molecule has 0 radical (unpaired) electrons. The molecule has 88 valence electrons. The van der Waals surface area contributed by atoms with Gasteiger partial charge in [-0.2, -0.15) is 0 Å². The third-order valence-corrected chi connectivity index (χ3v) is 3.57. The number of nitrogens with two attached hydrogens (primary N) is 1. The molecule has 16 heavy (non-hydrogen) atoms. The standard InChI is InChI=1S/C14H22N2/c1-14(2,3)12-9-16(10-12)8-11-4-6-13(15)7-5-11/h4-7,12H,8-10,15H2,1-3H3. The quantitative estimate of drug-likeness (QED) is 0.773. The number of nitrogens with zero attached hydrogens (tertiary/aromatic N) is 1. The van der Waals surface area contributed by atoms with Gasteiger partial charge < -0.3 is 5.73 Å². The van der Waals surface area contributed by atoms with Crippen molar-refractivity contribution in [1.82, 2.24) is 4.90 Å². The summed E-state index contributed by atoms with van der Waals surface area (Å²) in [4.78, 5) is 2.50. The average molecular weight is 218 g/mol. The summed E-state index contributed by atoms with van der Waals surface area (Å²) < 4.78 is 0. The summed E-state index contributed by atoms with van der Waals surface area (Å²) in [6, 6.07) is 8.21.